The second-order valence-electron chi connectivity index (χ2n) is 3.67. The lowest BCUT2D eigenvalue weighted by atomic mass is 10.1. The van der Waals surface area contributed by atoms with Crippen LogP contribution in [-0.2, 0) is 0 Å². The number of allylic oxidation sites excluding steroid dienone is 3. The predicted molar refractivity (Wildman–Crippen MR) is 68.6 cm³/mol. The summed E-state index contributed by atoms with van der Waals surface area (Å²) in [5.74, 6) is 0.654. The van der Waals surface area contributed by atoms with Crippen molar-refractivity contribution in [1.29, 1.82) is 0 Å². The molecule has 0 saturated carbocycles. The molecule has 3 heteroatoms. The van der Waals surface area contributed by atoms with E-state index in [-0.39, 0.29) is 0 Å². The van der Waals surface area contributed by atoms with Crippen LogP contribution in [0.25, 0.3) is 5.57 Å². The molecular weight excluding hydrogens is 198 g/mol. The fraction of sp³-hybridized carbons (Fsp3) is 0.308. The normalized spacial score (nSPS) is 12.7. The van der Waals surface area contributed by atoms with Gasteiger partial charge in [-0.05, 0) is 36.6 Å². The molecule has 0 aromatic carbocycles. The third-order valence-corrected chi connectivity index (χ3v) is 2.23. The zero-order chi connectivity index (χ0) is 12.0. The zero-order valence-corrected chi connectivity index (χ0v) is 10.1. The number of aromatic nitrogens is 1. The Hall–Kier alpha value is -1.77. The van der Waals surface area contributed by atoms with E-state index in [1.165, 1.54) is 0 Å². The minimum Gasteiger partial charge on any atom is -0.386 e. The van der Waals surface area contributed by atoms with Gasteiger partial charge in [-0.2, -0.15) is 0 Å². The average molecular weight is 217 g/mol. The van der Waals surface area contributed by atoms with E-state index in [0.717, 1.165) is 23.1 Å². The number of pyridine rings is 1. The van der Waals surface area contributed by atoms with Crippen LogP contribution in [0.2, 0.25) is 0 Å². The fourth-order valence-electron chi connectivity index (χ4n) is 1.43. The van der Waals surface area contributed by atoms with Crippen LogP contribution >= 0.6 is 0 Å². The van der Waals surface area contributed by atoms with Crippen molar-refractivity contribution in [3.05, 3.63) is 47.6 Å². The molecule has 86 valence electrons. The number of nitrogens with one attached hydrogen (secondary N) is 1. The number of hydrogen-bond acceptors (Lipinski definition) is 3. The summed E-state index contributed by atoms with van der Waals surface area (Å²) in [6, 6.07) is 2.11. The van der Waals surface area contributed by atoms with Crippen molar-refractivity contribution in [2.45, 2.75) is 20.3 Å². The number of nitrogens with two attached hydrogens (primary N) is 1. The maximum Gasteiger partial charge on any atom is 0.0963 e. The number of hydrogen-bond donors (Lipinski definition) is 2. The van der Waals surface area contributed by atoms with Gasteiger partial charge in [-0.3, -0.25) is 4.98 Å². The Kier molecular flexibility index (Phi) is 4.58. The van der Waals surface area contributed by atoms with Crippen molar-refractivity contribution in [1.82, 2.24) is 10.3 Å². The monoisotopic (exact) mass is 217 g/mol. The van der Waals surface area contributed by atoms with Crippen LogP contribution in [0, 0.1) is 6.92 Å². The first-order chi connectivity index (χ1) is 7.67. The molecule has 0 aliphatic heterocycles. The van der Waals surface area contributed by atoms with E-state index in [1.807, 2.05) is 32.4 Å². The molecule has 0 fully saturated rings. The average Bonchev–Trinajstić information content (AvgIpc) is 2.28. The second-order valence-corrected chi connectivity index (χ2v) is 3.67. The summed E-state index contributed by atoms with van der Waals surface area (Å²) in [6.45, 7) is 4.14. The van der Waals surface area contributed by atoms with Crippen LogP contribution in [0.3, 0.4) is 0 Å². The highest BCUT2D eigenvalue weighted by Gasteiger charge is 2.00. The number of nitrogens with zero attached hydrogens (tertiary/aromatic N) is 1. The van der Waals surface area contributed by atoms with Crippen molar-refractivity contribution >= 4 is 5.57 Å². The molecule has 1 rings (SSSR count). The van der Waals surface area contributed by atoms with Crippen molar-refractivity contribution in [3.8, 4) is 0 Å². The van der Waals surface area contributed by atoms with E-state index >= 15 is 0 Å². The highest BCUT2D eigenvalue weighted by Crippen LogP contribution is 2.17. The SMILES string of the molecule is CC/C=C(\C=C(\N)NC)c1cncc(C)c1. The van der Waals surface area contributed by atoms with Crippen molar-refractivity contribution in [2.75, 3.05) is 7.05 Å². The quantitative estimate of drug-likeness (QED) is 0.760. The zero-order valence-electron chi connectivity index (χ0n) is 10.1. The van der Waals surface area contributed by atoms with E-state index in [2.05, 4.69) is 29.4 Å². The van der Waals surface area contributed by atoms with E-state index in [9.17, 15) is 0 Å². The Morgan fingerprint density at radius 2 is 2.25 bits per heavy atom. The highest BCUT2D eigenvalue weighted by molar-refractivity contribution is 5.74. The van der Waals surface area contributed by atoms with Crippen molar-refractivity contribution in [3.63, 3.8) is 0 Å². The Morgan fingerprint density at radius 1 is 1.50 bits per heavy atom. The van der Waals surface area contributed by atoms with Gasteiger partial charge in [0.1, 0.15) is 0 Å². The van der Waals surface area contributed by atoms with Crippen molar-refractivity contribution in [2.24, 2.45) is 5.73 Å². The summed E-state index contributed by atoms with van der Waals surface area (Å²) < 4.78 is 0. The molecule has 0 amide bonds. The molecule has 3 nitrogen and oxygen atoms in total. The van der Waals surface area contributed by atoms with Crippen LogP contribution in [-0.4, -0.2) is 12.0 Å². The third-order valence-electron chi connectivity index (χ3n) is 2.23. The van der Waals surface area contributed by atoms with E-state index in [0.29, 0.717) is 5.82 Å². The first-order valence-electron chi connectivity index (χ1n) is 5.44. The molecule has 0 radical (unpaired) electrons. The largest absolute Gasteiger partial charge is 0.386 e. The Bertz CT molecular complexity index is 405. The molecule has 1 aromatic heterocycles. The molecule has 0 unspecified atom stereocenters. The lowest BCUT2D eigenvalue weighted by Crippen LogP contribution is -2.14. The summed E-state index contributed by atoms with van der Waals surface area (Å²) >= 11 is 0. The Labute approximate surface area is 97.1 Å². The molecule has 0 spiro atoms. The van der Waals surface area contributed by atoms with Gasteiger partial charge in [0.15, 0.2) is 0 Å². The van der Waals surface area contributed by atoms with E-state index in [4.69, 9.17) is 5.73 Å². The summed E-state index contributed by atoms with van der Waals surface area (Å²) in [6.07, 6.45) is 8.74. The summed E-state index contributed by atoms with van der Waals surface area (Å²) in [4.78, 5) is 4.19. The summed E-state index contributed by atoms with van der Waals surface area (Å²) in [7, 11) is 1.81. The van der Waals surface area contributed by atoms with Gasteiger partial charge in [-0.15, -0.1) is 0 Å². The van der Waals surface area contributed by atoms with Crippen LogP contribution in [0.4, 0.5) is 0 Å². The van der Waals surface area contributed by atoms with Crippen LogP contribution in [0.1, 0.15) is 24.5 Å². The highest BCUT2D eigenvalue weighted by atomic mass is 14.9. The first kappa shape index (κ1) is 12.3. The lowest BCUT2D eigenvalue weighted by molar-refractivity contribution is 0.966. The number of rotatable bonds is 4. The van der Waals surface area contributed by atoms with Gasteiger partial charge < -0.3 is 11.1 Å². The molecular formula is C13H19N3. The molecule has 0 atom stereocenters. The Balaban J connectivity index is 3.09. The maximum atomic E-state index is 5.77. The number of aryl methyl sites for hydroxylation is 1. The van der Waals surface area contributed by atoms with Gasteiger partial charge in [-0.25, -0.2) is 0 Å². The van der Waals surface area contributed by atoms with Gasteiger partial charge in [-0.1, -0.05) is 13.0 Å². The summed E-state index contributed by atoms with van der Waals surface area (Å²) in [5.41, 5.74) is 9.12. The molecule has 1 aromatic rings. The van der Waals surface area contributed by atoms with Gasteiger partial charge in [0, 0.05) is 25.0 Å². The molecule has 0 aliphatic carbocycles. The summed E-state index contributed by atoms with van der Waals surface area (Å²) in [5, 5.41) is 2.92. The van der Waals surface area contributed by atoms with E-state index < -0.39 is 0 Å². The molecule has 3 N–H and O–H groups in total. The lowest BCUT2D eigenvalue weighted by Gasteiger charge is -2.05. The Morgan fingerprint density at radius 3 is 2.81 bits per heavy atom. The first-order valence-corrected chi connectivity index (χ1v) is 5.44. The molecule has 0 aliphatic rings. The van der Waals surface area contributed by atoms with Crippen LogP contribution < -0.4 is 11.1 Å². The second kappa shape index (κ2) is 5.95. The van der Waals surface area contributed by atoms with Crippen LogP contribution in [0.15, 0.2) is 36.4 Å². The van der Waals surface area contributed by atoms with Gasteiger partial charge in [0.25, 0.3) is 0 Å². The molecule has 0 saturated heterocycles. The molecule has 16 heavy (non-hydrogen) atoms. The van der Waals surface area contributed by atoms with E-state index in [1.54, 1.807) is 0 Å². The van der Waals surface area contributed by atoms with Gasteiger partial charge in [0.2, 0.25) is 0 Å². The molecule has 0 bridgehead atoms. The van der Waals surface area contributed by atoms with Gasteiger partial charge >= 0.3 is 0 Å². The minimum atomic E-state index is 0.654. The topological polar surface area (TPSA) is 50.9 Å². The van der Waals surface area contributed by atoms with Crippen molar-refractivity contribution < 1.29 is 0 Å². The standard InChI is InChI=1S/C13H19N3/c1-4-5-11(7-13(14)15-3)12-6-10(2)8-16-9-12/h5-9,15H,4,14H2,1-3H3/b11-5+,13-7-. The maximum absolute atomic E-state index is 5.77. The predicted octanol–water partition coefficient (Wildman–Crippen LogP) is 2.20. The van der Waals surface area contributed by atoms with Gasteiger partial charge in [0.05, 0.1) is 5.82 Å². The third kappa shape index (κ3) is 3.42. The van der Waals surface area contributed by atoms with Crippen LogP contribution in [0.5, 0.6) is 0 Å². The molecule has 1 heterocycles. The smallest absolute Gasteiger partial charge is 0.0963 e. The fourth-order valence-corrected chi connectivity index (χ4v) is 1.43. The minimum absolute atomic E-state index is 0.654.